The largest absolute Gasteiger partial charge is 0.392 e. The van der Waals surface area contributed by atoms with Crippen LogP contribution in [0.1, 0.15) is 33.1 Å². The Bertz CT molecular complexity index is 116. The molecule has 1 rings (SSSR count). The van der Waals surface area contributed by atoms with Gasteiger partial charge < -0.3 is 5.11 Å². The SMILES string of the molecule is CCC(C)N1CCC[C@H](O)C1. The van der Waals surface area contributed by atoms with E-state index in [0.29, 0.717) is 6.04 Å². The molecule has 1 heterocycles. The number of hydrogen-bond acceptors (Lipinski definition) is 2. The van der Waals surface area contributed by atoms with Crippen molar-refractivity contribution >= 4 is 0 Å². The summed E-state index contributed by atoms with van der Waals surface area (Å²) in [5.74, 6) is 0. The molecule has 1 saturated heterocycles. The minimum absolute atomic E-state index is 0.0715. The van der Waals surface area contributed by atoms with Gasteiger partial charge in [-0.15, -0.1) is 0 Å². The van der Waals surface area contributed by atoms with Gasteiger partial charge in [0.2, 0.25) is 0 Å². The van der Waals surface area contributed by atoms with Crippen molar-refractivity contribution < 1.29 is 5.11 Å². The standard InChI is InChI=1S/C9H19NO/c1-3-8(2)10-6-4-5-9(11)7-10/h8-9,11H,3-7H2,1-2H3/t8?,9-/m0/s1. The first-order valence-corrected chi connectivity index (χ1v) is 4.66. The molecule has 66 valence electrons. The van der Waals surface area contributed by atoms with Crippen LogP contribution in [-0.2, 0) is 0 Å². The second-order valence-electron chi connectivity index (χ2n) is 3.55. The van der Waals surface area contributed by atoms with E-state index >= 15 is 0 Å². The van der Waals surface area contributed by atoms with E-state index in [0.717, 1.165) is 19.4 Å². The van der Waals surface area contributed by atoms with E-state index in [1.165, 1.54) is 13.0 Å². The fraction of sp³-hybridized carbons (Fsp3) is 1.00. The molecule has 0 aliphatic carbocycles. The molecule has 2 atom stereocenters. The molecule has 0 spiro atoms. The van der Waals surface area contributed by atoms with Gasteiger partial charge in [0.05, 0.1) is 6.10 Å². The van der Waals surface area contributed by atoms with Crippen LogP contribution in [0.25, 0.3) is 0 Å². The second kappa shape index (κ2) is 4.07. The first kappa shape index (κ1) is 9.01. The molecule has 1 N–H and O–H groups in total. The van der Waals surface area contributed by atoms with Gasteiger partial charge in [0.25, 0.3) is 0 Å². The average molecular weight is 157 g/mol. The predicted molar refractivity (Wildman–Crippen MR) is 46.6 cm³/mol. The summed E-state index contributed by atoms with van der Waals surface area (Å²) >= 11 is 0. The average Bonchev–Trinajstić information content (AvgIpc) is 2.03. The smallest absolute Gasteiger partial charge is 0.0667 e. The van der Waals surface area contributed by atoms with Crippen molar-refractivity contribution in [1.29, 1.82) is 0 Å². The third-order valence-corrected chi connectivity index (χ3v) is 2.64. The van der Waals surface area contributed by atoms with Gasteiger partial charge in [-0.25, -0.2) is 0 Å². The maximum absolute atomic E-state index is 9.38. The number of rotatable bonds is 2. The van der Waals surface area contributed by atoms with Crippen molar-refractivity contribution in [3.8, 4) is 0 Å². The molecule has 1 aliphatic rings. The molecule has 0 saturated carbocycles. The topological polar surface area (TPSA) is 23.5 Å². The van der Waals surface area contributed by atoms with Crippen LogP contribution in [0.3, 0.4) is 0 Å². The molecular formula is C9H19NO. The highest BCUT2D eigenvalue weighted by atomic mass is 16.3. The first-order chi connectivity index (χ1) is 5.24. The van der Waals surface area contributed by atoms with Gasteiger partial charge >= 0.3 is 0 Å². The van der Waals surface area contributed by atoms with Crippen molar-refractivity contribution in [3.05, 3.63) is 0 Å². The summed E-state index contributed by atoms with van der Waals surface area (Å²) in [5.41, 5.74) is 0. The van der Waals surface area contributed by atoms with Crippen molar-refractivity contribution in [2.75, 3.05) is 13.1 Å². The zero-order valence-corrected chi connectivity index (χ0v) is 7.58. The number of likely N-dealkylation sites (tertiary alicyclic amines) is 1. The first-order valence-electron chi connectivity index (χ1n) is 4.66. The molecule has 0 aromatic heterocycles. The van der Waals surface area contributed by atoms with Gasteiger partial charge in [0.1, 0.15) is 0 Å². The summed E-state index contributed by atoms with van der Waals surface area (Å²) in [5, 5.41) is 9.38. The van der Waals surface area contributed by atoms with E-state index in [-0.39, 0.29) is 6.10 Å². The van der Waals surface area contributed by atoms with Gasteiger partial charge in [0, 0.05) is 12.6 Å². The molecule has 0 aromatic carbocycles. The molecule has 11 heavy (non-hydrogen) atoms. The van der Waals surface area contributed by atoms with Crippen molar-refractivity contribution in [3.63, 3.8) is 0 Å². The Kier molecular flexibility index (Phi) is 3.34. The Balaban J connectivity index is 2.33. The fourth-order valence-corrected chi connectivity index (χ4v) is 1.64. The fourth-order valence-electron chi connectivity index (χ4n) is 1.64. The summed E-state index contributed by atoms with van der Waals surface area (Å²) in [6, 6.07) is 0.643. The lowest BCUT2D eigenvalue weighted by Gasteiger charge is -2.34. The number of β-amino-alcohol motifs (C(OH)–C–C–N with tert-alkyl or cyclic N) is 1. The zero-order valence-electron chi connectivity index (χ0n) is 7.58. The van der Waals surface area contributed by atoms with Gasteiger partial charge in [-0.05, 0) is 32.7 Å². The molecule has 0 bridgehead atoms. The number of piperidine rings is 1. The summed E-state index contributed by atoms with van der Waals surface area (Å²) in [6.45, 7) is 6.49. The predicted octanol–water partition coefficient (Wildman–Crippen LogP) is 1.24. The number of hydrogen-bond donors (Lipinski definition) is 1. The lowest BCUT2D eigenvalue weighted by Crippen LogP contribution is -2.43. The van der Waals surface area contributed by atoms with E-state index < -0.39 is 0 Å². The molecule has 1 fully saturated rings. The Morgan fingerprint density at radius 2 is 2.36 bits per heavy atom. The number of aliphatic hydroxyl groups excluding tert-OH is 1. The molecule has 2 heteroatoms. The third kappa shape index (κ3) is 2.46. The van der Waals surface area contributed by atoms with Crippen LogP contribution in [-0.4, -0.2) is 35.2 Å². The Morgan fingerprint density at radius 1 is 1.64 bits per heavy atom. The lowest BCUT2D eigenvalue weighted by atomic mass is 10.1. The van der Waals surface area contributed by atoms with Crippen molar-refractivity contribution in [2.24, 2.45) is 0 Å². The van der Waals surface area contributed by atoms with Gasteiger partial charge in [-0.3, -0.25) is 4.90 Å². The summed E-state index contributed by atoms with van der Waals surface area (Å²) < 4.78 is 0. The quantitative estimate of drug-likeness (QED) is 0.652. The van der Waals surface area contributed by atoms with Crippen LogP contribution in [0.2, 0.25) is 0 Å². The van der Waals surface area contributed by atoms with Crippen LogP contribution in [0, 0.1) is 0 Å². The Hall–Kier alpha value is -0.0800. The highest BCUT2D eigenvalue weighted by Crippen LogP contribution is 2.13. The van der Waals surface area contributed by atoms with E-state index in [1.807, 2.05) is 0 Å². The summed E-state index contributed by atoms with van der Waals surface area (Å²) in [6.07, 6.45) is 3.27. The highest BCUT2D eigenvalue weighted by Gasteiger charge is 2.20. The zero-order chi connectivity index (χ0) is 8.27. The second-order valence-corrected chi connectivity index (χ2v) is 3.55. The van der Waals surface area contributed by atoms with Crippen LogP contribution < -0.4 is 0 Å². The van der Waals surface area contributed by atoms with E-state index in [9.17, 15) is 5.11 Å². The molecule has 0 radical (unpaired) electrons. The number of aliphatic hydroxyl groups is 1. The maximum Gasteiger partial charge on any atom is 0.0667 e. The lowest BCUT2D eigenvalue weighted by molar-refractivity contribution is 0.0498. The van der Waals surface area contributed by atoms with Crippen LogP contribution in [0.5, 0.6) is 0 Å². The monoisotopic (exact) mass is 157 g/mol. The highest BCUT2D eigenvalue weighted by molar-refractivity contribution is 4.75. The minimum atomic E-state index is -0.0715. The normalized spacial score (nSPS) is 30.3. The molecule has 0 amide bonds. The number of nitrogens with zero attached hydrogens (tertiary/aromatic N) is 1. The third-order valence-electron chi connectivity index (χ3n) is 2.64. The molecule has 0 aromatic rings. The van der Waals surface area contributed by atoms with Crippen LogP contribution >= 0.6 is 0 Å². The maximum atomic E-state index is 9.38. The van der Waals surface area contributed by atoms with E-state index in [4.69, 9.17) is 0 Å². The summed E-state index contributed by atoms with van der Waals surface area (Å²) in [7, 11) is 0. The van der Waals surface area contributed by atoms with E-state index in [2.05, 4.69) is 18.7 Å². The minimum Gasteiger partial charge on any atom is -0.392 e. The van der Waals surface area contributed by atoms with Crippen LogP contribution in [0.15, 0.2) is 0 Å². The van der Waals surface area contributed by atoms with Gasteiger partial charge in [0.15, 0.2) is 0 Å². The Morgan fingerprint density at radius 3 is 2.91 bits per heavy atom. The van der Waals surface area contributed by atoms with Gasteiger partial charge in [-0.1, -0.05) is 6.92 Å². The van der Waals surface area contributed by atoms with E-state index in [1.54, 1.807) is 0 Å². The molecule has 2 nitrogen and oxygen atoms in total. The van der Waals surface area contributed by atoms with Crippen molar-refractivity contribution in [2.45, 2.75) is 45.3 Å². The van der Waals surface area contributed by atoms with Gasteiger partial charge in [-0.2, -0.15) is 0 Å². The van der Waals surface area contributed by atoms with Crippen LogP contribution in [0.4, 0.5) is 0 Å². The molecular weight excluding hydrogens is 138 g/mol. The summed E-state index contributed by atoms with van der Waals surface area (Å²) in [4.78, 5) is 2.38. The Labute approximate surface area is 69.2 Å². The van der Waals surface area contributed by atoms with Crippen molar-refractivity contribution in [1.82, 2.24) is 4.90 Å². The molecule has 1 unspecified atom stereocenters. The molecule has 1 aliphatic heterocycles.